The molecule has 18 heavy (non-hydrogen) atoms. The summed E-state index contributed by atoms with van der Waals surface area (Å²) in [5.41, 5.74) is 2.88. The van der Waals surface area contributed by atoms with Gasteiger partial charge in [-0.05, 0) is 17.7 Å². The Bertz CT molecular complexity index is 644. The predicted octanol–water partition coefficient (Wildman–Crippen LogP) is 3.43. The fourth-order valence-corrected chi connectivity index (χ4v) is 2.20. The minimum atomic E-state index is 0.0587. The van der Waals surface area contributed by atoms with Gasteiger partial charge in [-0.2, -0.15) is 0 Å². The monoisotopic (exact) mass is 240 g/mol. The van der Waals surface area contributed by atoms with Crippen LogP contribution in [0, 0.1) is 0 Å². The zero-order valence-electron chi connectivity index (χ0n) is 9.93. The summed E-state index contributed by atoms with van der Waals surface area (Å²) in [4.78, 5) is 0. The maximum atomic E-state index is 9.77. The van der Waals surface area contributed by atoms with Gasteiger partial charge in [-0.25, -0.2) is 0 Å². The van der Waals surface area contributed by atoms with E-state index in [1.807, 2.05) is 30.3 Å². The standard InChI is InChI=1S/C15H12O3/c1-9-10-5-3-4-6-11(10)12-7-8-13(16)15(17-2)14(12)18-9/h3-8,16H,1H2,2H3. The lowest BCUT2D eigenvalue weighted by atomic mass is 9.95. The fourth-order valence-electron chi connectivity index (χ4n) is 2.20. The van der Waals surface area contributed by atoms with Gasteiger partial charge in [0.15, 0.2) is 11.5 Å². The molecule has 2 aromatic carbocycles. The molecule has 0 saturated carbocycles. The van der Waals surface area contributed by atoms with Crippen LogP contribution < -0.4 is 9.47 Å². The van der Waals surface area contributed by atoms with Crippen LogP contribution in [0.1, 0.15) is 5.56 Å². The molecule has 1 heterocycles. The third-order valence-electron chi connectivity index (χ3n) is 3.04. The molecular weight excluding hydrogens is 228 g/mol. The van der Waals surface area contributed by atoms with Gasteiger partial charge in [0.1, 0.15) is 5.76 Å². The molecule has 3 heteroatoms. The molecule has 3 rings (SSSR count). The minimum Gasteiger partial charge on any atom is -0.504 e. The van der Waals surface area contributed by atoms with Crippen LogP contribution >= 0.6 is 0 Å². The Labute approximate surface area is 105 Å². The van der Waals surface area contributed by atoms with Crippen LogP contribution in [0.15, 0.2) is 43.0 Å². The molecule has 2 aromatic rings. The normalized spacial score (nSPS) is 12.4. The number of methoxy groups -OCH3 is 1. The molecule has 0 amide bonds. The summed E-state index contributed by atoms with van der Waals surface area (Å²) >= 11 is 0. The molecule has 3 nitrogen and oxygen atoms in total. The van der Waals surface area contributed by atoms with Crippen molar-refractivity contribution in [1.29, 1.82) is 0 Å². The number of rotatable bonds is 1. The van der Waals surface area contributed by atoms with Crippen LogP contribution in [0.2, 0.25) is 0 Å². The van der Waals surface area contributed by atoms with Gasteiger partial charge in [-0.3, -0.25) is 0 Å². The van der Waals surface area contributed by atoms with Crippen molar-refractivity contribution in [3.63, 3.8) is 0 Å². The highest BCUT2D eigenvalue weighted by molar-refractivity contribution is 5.88. The zero-order valence-corrected chi connectivity index (χ0v) is 9.93. The molecule has 1 aliphatic rings. The molecule has 0 spiro atoms. The minimum absolute atomic E-state index is 0.0587. The first kappa shape index (κ1) is 10.7. The maximum absolute atomic E-state index is 9.77. The second-order valence-corrected chi connectivity index (χ2v) is 4.07. The Morgan fingerprint density at radius 2 is 1.78 bits per heavy atom. The molecule has 0 bridgehead atoms. The van der Waals surface area contributed by atoms with Gasteiger partial charge >= 0.3 is 0 Å². The summed E-state index contributed by atoms with van der Waals surface area (Å²) in [5, 5.41) is 9.77. The molecule has 1 aliphatic heterocycles. The van der Waals surface area contributed by atoms with Gasteiger partial charge in [-0.1, -0.05) is 30.8 Å². The highest BCUT2D eigenvalue weighted by Crippen LogP contribution is 2.49. The number of fused-ring (bicyclic) bond motifs is 3. The number of ether oxygens (including phenoxy) is 2. The van der Waals surface area contributed by atoms with Gasteiger partial charge in [0.05, 0.1) is 7.11 Å². The van der Waals surface area contributed by atoms with Gasteiger partial charge < -0.3 is 14.6 Å². The van der Waals surface area contributed by atoms with Crippen molar-refractivity contribution in [1.82, 2.24) is 0 Å². The van der Waals surface area contributed by atoms with Gasteiger partial charge in [0.2, 0.25) is 5.75 Å². The highest BCUT2D eigenvalue weighted by Gasteiger charge is 2.25. The van der Waals surface area contributed by atoms with Crippen LogP contribution in [0.3, 0.4) is 0 Å². The lowest BCUT2D eigenvalue weighted by Gasteiger charge is -2.24. The third kappa shape index (κ3) is 1.37. The summed E-state index contributed by atoms with van der Waals surface area (Å²) in [7, 11) is 1.50. The van der Waals surface area contributed by atoms with Crippen molar-refractivity contribution in [3.05, 3.63) is 48.5 Å². The van der Waals surface area contributed by atoms with Crippen LogP contribution in [-0.4, -0.2) is 12.2 Å². The Morgan fingerprint density at radius 3 is 2.50 bits per heavy atom. The van der Waals surface area contributed by atoms with Gasteiger partial charge in [-0.15, -0.1) is 0 Å². The van der Waals surface area contributed by atoms with Gasteiger partial charge in [0.25, 0.3) is 0 Å². The van der Waals surface area contributed by atoms with Crippen molar-refractivity contribution < 1.29 is 14.6 Å². The van der Waals surface area contributed by atoms with Crippen LogP contribution in [0.5, 0.6) is 17.2 Å². The van der Waals surface area contributed by atoms with Crippen LogP contribution in [0.4, 0.5) is 0 Å². The number of benzene rings is 2. The lowest BCUT2D eigenvalue weighted by Crippen LogP contribution is -2.05. The van der Waals surface area contributed by atoms with E-state index < -0.39 is 0 Å². The van der Waals surface area contributed by atoms with Crippen LogP contribution in [-0.2, 0) is 0 Å². The summed E-state index contributed by atoms with van der Waals surface area (Å²) in [6.07, 6.45) is 0. The molecule has 0 atom stereocenters. The summed E-state index contributed by atoms with van der Waals surface area (Å²) in [6.45, 7) is 3.90. The summed E-state index contributed by atoms with van der Waals surface area (Å²) in [5.74, 6) is 1.47. The maximum Gasteiger partial charge on any atom is 0.204 e. The van der Waals surface area contributed by atoms with E-state index >= 15 is 0 Å². The number of hydrogen-bond acceptors (Lipinski definition) is 3. The third-order valence-corrected chi connectivity index (χ3v) is 3.04. The molecule has 0 radical (unpaired) electrons. The summed E-state index contributed by atoms with van der Waals surface area (Å²) < 4.78 is 10.9. The number of phenolic OH excluding ortho intramolecular Hbond substituents is 1. The number of aromatic hydroxyl groups is 1. The van der Waals surface area contributed by atoms with E-state index in [2.05, 4.69) is 6.58 Å². The number of phenols is 1. The van der Waals surface area contributed by atoms with Gasteiger partial charge in [0, 0.05) is 11.1 Å². The Hall–Kier alpha value is -2.42. The molecule has 0 aromatic heterocycles. The molecule has 0 saturated heterocycles. The molecule has 0 fully saturated rings. The van der Waals surface area contributed by atoms with Crippen molar-refractivity contribution in [2.75, 3.05) is 7.11 Å². The van der Waals surface area contributed by atoms with E-state index in [0.29, 0.717) is 17.3 Å². The van der Waals surface area contributed by atoms with E-state index in [0.717, 1.165) is 16.7 Å². The molecule has 90 valence electrons. The van der Waals surface area contributed by atoms with E-state index in [1.54, 1.807) is 6.07 Å². The smallest absolute Gasteiger partial charge is 0.204 e. The zero-order chi connectivity index (χ0) is 12.7. The van der Waals surface area contributed by atoms with Crippen molar-refractivity contribution in [3.8, 4) is 28.4 Å². The second kappa shape index (κ2) is 3.81. The number of hydrogen-bond donors (Lipinski definition) is 1. The average Bonchev–Trinajstić information content (AvgIpc) is 2.39. The molecule has 1 N–H and O–H groups in total. The van der Waals surface area contributed by atoms with E-state index in [-0.39, 0.29) is 5.75 Å². The molecule has 0 aliphatic carbocycles. The Kier molecular flexibility index (Phi) is 2.27. The van der Waals surface area contributed by atoms with E-state index in [9.17, 15) is 5.11 Å². The first-order chi connectivity index (χ1) is 8.72. The fraction of sp³-hybridized carbons (Fsp3) is 0.0667. The van der Waals surface area contributed by atoms with Crippen LogP contribution in [0.25, 0.3) is 16.9 Å². The first-order valence-electron chi connectivity index (χ1n) is 5.59. The first-order valence-corrected chi connectivity index (χ1v) is 5.59. The lowest BCUT2D eigenvalue weighted by molar-refractivity contribution is 0.353. The van der Waals surface area contributed by atoms with E-state index in [1.165, 1.54) is 7.11 Å². The molecule has 0 unspecified atom stereocenters. The Morgan fingerprint density at radius 1 is 1.06 bits per heavy atom. The Balaban J connectivity index is 2.33. The topological polar surface area (TPSA) is 38.7 Å². The average molecular weight is 240 g/mol. The predicted molar refractivity (Wildman–Crippen MR) is 69.8 cm³/mol. The quantitative estimate of drug-likeness (QED) is 0.829. The SMILES string of the molecule is C=C1Oc2c(ccc(O)c2OC)-c2ccccc21. The molecular formula is C15H12O3. The second-order valence-electron chi connectivity index (χ2n) is 4.07. The summed E-state index contributed by atoms with van der Waals surface area (Å²) in [6, 6.07) is 11.3. The van der Waals surface area contributed by atoms with Crippen molar-refractivity contribution in [2.24, 2.45) is 0 Å². The van der Waals surface area contributed by atoms with E-state index in [4.69, 9.17) is 9.47 Å². The highest BCUT2D eigenvalue weighted by atomic mass is 16.5. The van der Waals surface area contributed by atoms with Crippen molar-refractivity contribution in [2.45, 2.75) is 0 Å². The van der Waals surface area contributed by atoms with Crippen molar-refractivity contribution >= 4 is 5.76 Å². The largest absolute Gasteiger partial charge is 0.504 e.